The van der Waals surface area contributed by atoms with Gasteiger partial charge in [-0.05, 0) is 48.6 Å². The van der Waals surface area contributed by atoms with Crippen LogP contribution in [0.5, 0.6) is 0 Å². The summed E-state index contributed by atoms with van der Waals surface area (Å²) in [5, 5.41) is 4.15. The summed E-state index contributed by atoms with van der Waals surface area (Å²) in [7, 11) is 0. The molecule has 6 heteroatoms. The summed E-state index contributed by atoms with van der Waals surface area (Å²) in [6.07, 6.45) is 7.55. The number of likely N-dealkylation sites (tertiary alicyclic amines) is 1. The van der Waals surface area contributed by atoms with E-state index in [2.05, 4.69) is 32.5 Å². The maximum absolute atomic E-state index is 12.3. The number of aromatic nitrogens is 3. The molecule has 0 aromatic carbocycles. The van der Waals surface area contributed by atoms with Crippen molar-refractivity contribution >= 4 is 17.1 Å². The van der Waals surface area contributed by atoms with Crippen molar-refractivity contribution in [3.8, 4) is 0 Å². The molecule has 3 aromatic rings. The Balaban J connectivity index is 1.34. The molecule has 2 amide bonds. The normalized spacial score (nSPS) is 15.4. The standard InChI is InChI=1S/C19H21N5O/c25-19(23-12-15-4-1-2-8-20-15)24-10-6-14(7-11-24)17-13-22-18-16(17)5-3-9-21-18/h1-5,8-9,13-14H,6-7,10-12H2,(H,21,22)(H,23,25). The number of hydrogen-bond acceptors (Lipinski definition) is 3. The number of nitrogens with zero attached hydrogens (tertiary/aromatic N) is 3. The lowest BCUT2D eigenvalue weighted by atomic mass is 9.89. The average Bonchev–Trinajstić information content (AvgIpc) is 3.11. The zero-order valence-electron chi connectivity index (χ0n) is 14.0. The number of urea groups is 1. The average molecular weight is 335 g/mol. The van der Waals surface area contributed by atoms with Crippen LogP contribution in [0.1, 0.15) is 30.0 Å². The Hall–Kier alpha value is -2.89. The van der Waals surface area contributed by atoms with Crippen LogP contribution in [0.3, 0.4) is 0 Å². The van der Waals surface area contributed by atoms with Gasteiger partial charge >= 0.3 is 6.03 Å². The highest BCUT2D eigenvalue weighted by atomic mass is 16.2. The molecule has 1 aliphatic heterocycles. The van der Waals surface area contributed by atoms with Crippen LogP contribution in [0.25, 0.3) is 11.0 Å². The maximum atomic E-state index is 12.3. The molecule has 3 aromatic heterocycles. The Morgan fingerprint density at radius 1 is 1.16 bits per heavy atom. The van der Waals surface area contributed by atoms with Gasteiger partial charge in [0.25, 0.3) is 0 Å². The number of H-pyrrole nitrogens is 1. The number of pyridine rings is 2. The molecule has 0 radical (unpaired) electrons. The van der Waals surface area contributed by atoms with Crippen molar-refractivity contribution in [2.75, 3.05) is 13.1 Å². The van der Waals surface area contributed by atoms with E-state index in [1.807, 2.05) is 29.2 Å². The molecule has 0 aliphatic carbocycles. The minimum Gasteiger partial charge on any atom is -0.346 e. The van der Waals surface area contributed by atoms with Crippen molar-refractivity contribution in [1.82, 2.24) is 25.2 Å². The molecule has 4 heterocycles. The molecule has 0 atom stereocenters. The van der Waals surface area contributed by atoms with Gasteiger partial charge in [0.2, 0.25) is 0 Å². The topological polar surface area (TPSA) is 73.9 Å². The number of rotatable bonds is 3. The van der Waals surface area contributed by atoms with Crippen LogP contribution >= 0.6 is 0 Å². The molecule has 2 N–H and O–H groups in total. The van der Waals surface area contributed by atoms with E-state index in [-0.39, 0.29) is 6.03 Å². The summed E-state index contributed by atoms with van der Waals surface area (Å²) in [6, 6.07) is 9.79. The van der Waals surface area contributed by atoms with Gasteiger partial charge in [-0.2, -0.15) is 0 Å². The zero-order chi connectivity index (χ0) is 17.1. The smallest absolute Gasteiger partial charge is 0.317 e. The minimum absolute atomic E-state index is 0.00954. The lowest BCUT2D eigenvalue weighted by Gasteiger charge is -2.32. The SMILES string of the molecule is O=C(NCc1ccccn1)N1CCC(c2c[nH]c3ncccc23)CC1. The summed E-state index contributed by atoms with van der Waals surface area (Å²) in [5.41, 5.74) is 3.13. The van der Waals surface area contributed by atoms with Gasteiger partial charge in [-0.25, -0.2) is 9.78 Å². The summed E-state index contributed by atoms with van der Waals surface area (Å²) in [5.74, 6) is 0.470. The number of hydrogen-bond donors (Lipinski definition) is 2. The highest BCUT2D eigenvalue weighted by Gasteiger charge is 2.25. The minimum atomic E-state index is -0.00954. The predicted molar refractivity (Wildman–Crippen MR) is 96.1 cm³/mol. The van der Waals surface area contributed by atoms with E-state index in [1.54, 1.807) is 12.4 Å². The molecule has 0 unspecified atom stereocenters. The monoisotopic (exact) mass is 335 g/mol. The first-order valence-corrected chi connectivity index (χ1v) is 8.66. The van der Waals surface area contributed by atoms with Gasteiger partial charge in [0, 0.05) is 37.1 Å². The molecular weight excluding hydrogens is 314 g/mol. The van der Waals surface area contributed by atoms with Crippen molar-refractivity contribution in [3.05, 3.63) is 60.2 Å². The van der Waals surface area contributed by atoms with E-state index in [0.29, 0.717) is 12.5 Å². The van der Waals surface area contributed by atoms with E-state index >= 15 is 0 Å². The van der Waals surface area contributed by atoms with Crippen molar-refractivity contribution < 1.29 is 4.79 Å². The van der Waals surface area contributed by atoms with Crippen LogP contribution in [-0.2, 0) is 6.54 Å². The third kappa shape index (κ3) is 3.33. The summed E-state index contributed by atoms with van der Waals surface area (Å²) in [6.45, 7) is 2.00. The molecule has 128 valence electrons. The second-order valence-corrected chi connectivity index (χ2v) is 6.38. The molecule has 1 aliphatic rings. The Morgan fingerprint density at radius 3 is 2.80 bits per heavy atom. The lowest BCUT2D eigenvalue weighted by Crippen LogP contribution is -2.43. The van der Waals surface area contributed by atoms with Gasteiger partial charge in [0.1, 0.15) is 5.65 Å². The van der Waals surface area contributed by atoms with E-state index in [9.17, 15) is 4.79 Å². The predicted octanol–water partition coefficient (Wildman–Crippen LogP) is 3.05. The number of nitrogens with one attached hydrogen (secondary N) is 2. The fraction of sp³-hybridized carbons (Fsp3) is 0.316. The quantitative estimate of drug-likeness (QED) is 0.772. The van der Waals surface area contributed by atoms with Crippen LogP contribution in [-0.4, -0.2) is 39.0 Å². The Kier molecular flexibility index (Phi) is 4.33. The summed E-state index contributed by atoms with van der Waals surface area (Å²) in [4.78, 5) is 26.1. The highest BCUT2D eigenvalue weighted by molar-refractivity contribution is 5.80. The van der Waals surface area contributed by atoms with E-state index in [0.717, 1.165) is 37.3 Å². The second kappa shape index (κ2) is 6.93. The molecule has 1 fully saturated rings. The largest absolute Gasteiger partial charge is 0.346 e. The molecule has 0 bridgehead atoms. The van der Waals surface area contributed by atoms with Gasteiger partial charge in [-0.15, -0.1) is 0 Å². The fourth-order valence-electron chi connectivity index (χ4n) is 3.49. The van der Waals surface area contributed by atoms with Crippen LogP contribution in [0.2, 0.25) is 0 Å². The Morgan fingerprint density at radius 2 is 2.00 bits per heavy atom. The molecule has 0 spiro atoms. The van der Waals surface area contributed by atoms with Crippen molar-refractivity contribution in [3.63, 3.8) is 0 Å². The van der Waals surface area contributed by atoms with Crippen LogP contribution < -0.4 is 5.32 Å². The molecule has 0 saturated carbocycles. The third-order valence-electron chi connectivity index (χ3n) is 4.85. The molecular formula is C19H21N5O. The number of carbonyl (C=O) groups excluding carboxylic acids is 1. The fourth-order valence-corrected chi connectivity index (χ4v) is 3.49. The molecule has 25 heavy (non-hydrogen) atoms. The number of carbonyl (C=O) groups is 1. The van der Waals surface area contributed by atoms with Crippen LogP contribution in [0, 0.1) is 0 Å². The number of fused-ring (bicyclic) bond motifs is 1. The maximum Gasteiger partial charge on any atom is 0.317 e. The molecule has 4 rings (SSSR count). The van der Waals surface area contributed by atoms with Crippen LogP contribution in [0.15, 0.2) is 48.9 Å². The molecule has 1 saturated heterocycles. The zero-order valence-corrected chi connectivity index (χ0v) is 14.0. The second-order valence-electron chi connectivity index (χ2n) is 6.38. The first-order valence-electron chi connectivity index (χ1n) is 8.66. The van der Waals surface area contributed by atoms with Crippen molar-refractivity contribution in [2.24, 2.45) is 0 Å². The highest BCUT2D eigenvalue weighted by Crippen LogP contribution is 2.32. The van der Waals surface area contributed by atoms with E-state index in [4.69, 9.17) is 0 Å². The van der Waals surface area contributed by atoms with Gasteiger partial charge in [-0.1, -0.05) is 6.07 Å². The number of piperidine rings is 1. The Bertz CT molecular complexity index is 852. The van der Waals surface area contributed by atoms with Crippen molar-refractivity contribution in [1.29, 1.82) is 0 Å². The van der Waals surface area contributed by atoms with Gasteiger partial charge in [0.05, 0.1) is 12.2 Å². The van der Waals surface area contributed by atoms with Crippen LogP contribution in [0.4, 0.5) is 4.79 Å². The number of aromatic amines is 1. The van der Waals surface area contributed by atoms with Crippen molar-refractivity contribution in [2.45, 2.75) is 25.3 Å². The van der Waals surface area contributed by atoms with Gasteiger partial charge in [0.15, 0.2) is 0 Å². The first kappa shape index (κ1) is 15.6. The first-order chi connectivity index (χ1) is 12.3. The van der Waals surface area contributed by atoms with E-state index in [1.165, 1.54) is 10.9 Å². The molecule has 6 nitrogen and oxygen atoms in total. The summed E-state index contributed by atoms with van der Waals surface area (Å²) < 4.78 is 0. The van der Waals surface area contributed by atoms with E-state index < -0.39 is 0 Å². The lowest BCUT2D eigenvalue weighted by molar-refractivity contribution is 0.181. The Labute approximate surface area is 146 Å². The van der Waals surface area contributed by atoms with Gasteiger partial charge < -0.3 is 15.2 Å². The summed E-state index contributed by atoms with van der Waals surface area (Å²) >= 11 is 0. The number of amides is 2. The third-order valence-corrected chi connectivity index (χ3v) is 4.85. The van der Waals surface area contributed by atoms with Gasteiger partial charge in [-0.3, -0.25) is 4.98 Å².